The summed E-state index contributed by atoms with van der Waals surface area (Å²) in [7, 11) is 0. The Bertz CT molecular complexity index is 621. The Balaban J connectivity index is 0.00000312. The summed E-state index contributed by atoms with van der Waals surface area (Å²) in [4.78, 5) is 9.01. The number of rotatable bonds is 8. The summed E-state index contributed by atoms with van der Waals surface area (Å²) in [5.74, 6) is 1.73. The van der Waals surface area contributed by atoms with Crippen LogP contribution in [0.1, 0.15) is 43.5 Å². The van der Waals surface area contributed by atoms with Crippen LogP contribution in [-0.2, 0) is 25.8 Å². The van der Waals surface area contributed by atoms with Gasteiger partial charge in [0.05, 0.1) is 12.2 Å². The maximum atomic E-state index is 5.40. The smallest absolute Gasteiger partial charge is 0.191 e. The Labute approximate surface area is 166 Å². The Morgan fingerprint density at radius 3 is 2.64 bits per heavy atom. The number of pyridine rings is 1. The van der Waals surface area contributed by atoms with Crippen LogP contribution in [0.2, 0.25) is 0 Å². The Kier molecular flexibility index (Phi) is 10.1. The van der Waals surface area contributed by atoms with Gasteiger partial charge in [0.25, 0.3) is 0 Å². The van der Waals surface area contributed by atoms with Crippen molar-refractivity contribution >= 4 is 29.9 Å². The van der Waals surface area contributed by atoms with Gasteiger partial charge in [0, 0.05) is 43.4 Å². The number of aliphatic imine (C=N–C) groups is 1. The molecule has 0 aliphatic heterocycles. The third-order valence-electron chi connectivity index (χ3n) is 3.75. The first-order valence-electron chi connectivity index (χ1n) is 8.66. The van der Waals surface area contributed by atoms with Crippen LogP contribution < -0.4 is 10.6 Å². The highest BCUT2D eigenvalue weighted by Gasteiger charge is 2.13. The molecule has 2 rings (SSSR count). The van der Waals surface area contributed by atoms with Gasteiger partial charge in [-0.25, -0.2) is 4.99 Å². The van der Waals surface area contributed by atoms with E-state index in [1.165, 1.54) is 0 Å². The lowest BCUT2D eigenvalue weighted by atomic mass is 10.1. The second-order valence-corrected chi connectivity index (χ2v) is 5.43. The highest BCUT2D eigenvalue weighted by atomic mass is 127. The van der Waals surface area contributed by atoms with Crippen molar-refractivity contribution in [3.05, 3.63) is 47.1 Å². The molecular formula is C18H28IN5O. The molecule has 0 unspecified atom stereocenters. The SMILES string of the molecule is CCNC(=NCc1c(CC)noc1CC)NCCc1ccccn1.I. The van der Waals surface area contributed by atoms with Gasteiger partial charge in [0.2, 0.25) is 0 Å². The quantitative estimate of drug-likeness (QED) is 0.362. The Morgan fingerprint density at radius 2 is 2.00 bits per heavy atom. The summed E-state index contributed by atoms with van der Waals surface area (Å²) in [5.41, 5.74) is 3.18. The van der Waals surface area contributed by atoms with E-state index in [4.69, 9.17) is 4.52 Å². The number of hydrogen-bond acceptors (Lipinski definition) is 4. The molecule has 0 bridgehead atoms. The van der Waals surface area contributed by atoms with E-state index in [-0.39, 0.29) is 24.0 Å². The van der Waals surface area contributed by atoms with Crippen molar-refractivity contribution in [2.45, 2.75) is 46.6 Å². The second-order valence-electron chi connectivity index (χ2n) is 5.43. The molecule has 0 saturated heterocycles. The molecule has 2 aromatic rings. The van der Waals surface area contributed by atoms with Crippen molar-refractivity contribution in [1.29, 1.82) is 0 Å². The Hall–Kier alpha value is -1.64. The van der Waals surface area contributed by atoms with Gasteiger partial charge in [-0.3, -0.25) is 4.98 Å². The van der Waals surface area contributed by atoms with Gasteiger partial charge in [-0.1, -0.05) is 25.1 Å². The predicted molar refractivity (Wildman–Crippen MR) is 111 cm³/mol. The maximum absolute atomic E-state index is 5.40. The van der Waals surface area contributed by atoms with E-state index < -0.39 is 0 Å². The Morgan fingerprint density at radius 1 is 1.16 bits per heavy atom. The van der Waals surface area contributed by atoms with E-state index in [1.807, 2.05) is 24.4 Å². The molecule has 2 N–H and O–H groups in total. The van der Waals surface area contributed by atoms with Gasteiger partial charge < -0.3 is 15.2 Å². The predicted octanol–water partition coefficient (Wildman–Crippen LogP) is 3.11. The summed E-state index contributed by atoms with van der Waals surface area (Å²) >= 11 is 0. The number of halogens is 1. The van der Waals surface area contributed by atoms with Gasteiger partial charge in [0.1, 0.15) is 5.76 Å². The zero-order chi connectivity index (χ0) is 17.2. The summed E-state index contributed by atoms with van der Waals surface area (Å²) in [6, 6.07) is 5.97. The van der Waals surface area contributed by atoms with E-state index in [9.17, 15) is 0 Å². The van der Waals surface area contributed by atoms with Crippen LogP contribution in [0.15, 0.2) is 33.9 Å². The molecule has 0 spiro atoms. The first-order chi connectivity index (χ1) is 11.8. The zero-order valence-corrected chi connectivity index (χ0v) is 17.5. The van der Waals surface area contributed by atoms with Crippen molar-refractivity contribution < 1.29 is 4.52 Å². The largest absolute Gasteiger partial charge is 0.361 e. The third kappa shape index (κ3) is 6.64. The van der Waals surface area contributed by atoms with Crippen LogP contribution in [0.25, 0.3) is 0 Å². The van der Waals surface area contributed by atoms with Crippen molar-refractivity contribution in [3.63, 3.8) is 0 Å². The van der Waals surface area contributed by atoms with Crippen LogP contribution >= 0.6 is 24.0 Å². The molecule has 7 heteroatoms. The first-order valence-corrected chi connectivity index (χ1v) is 8.66. The minimum Gasteiger partial charge on any atom is -0.361 e. The number of nitrogens with one attached hydrogen (secondary N) is 2. The molecule has 0 radical (unpaired) electrons. The molecular weight excluding hydrogens is 429 g/mol. The fourth-order valence-electron chi connectivity index (χ4n) is 2.47. The van der Waals surface area contributed by atoms with Crippen LogP contribution in [0.3, 0.4) is 0 Å². The van der Waals surface area contributed by atoms with Crippen LogP contribution in [0, 0.1) is 0 Å². The molecule has 0 atom stereocenters. The summed E-state index contributed by atoms with van der Waals surface area (Å²) in [6.07, 6.45) is 4.37. The zero-order valence-electron chi connectivity index (χ0n) is 15.2. The fourth-order valence-corrected chi connectivity index (χ4v) is 2.47. The average Bonchev–Trinajstić information content (AvgIpc) is 3.02. The monoisotopic (exact) mass is 457 g/mol. The summed E-state index contributed by atoms with van der Waals surface area (Å²) < 4.78 is 5.40. The molecule has 6 nitrogen and oxygen atoms in total. The van der Waals surface area contributed by atoms with Gasteiger partial charge >= 0.3 is 0 Å². The summed E-state index contributed by atoms with van der Waals surface area (Å²) in [5, 5.41) is 10.8. The molecule has 0 aromatic carbocycles. The molecule has 0 saturated carbocycles. The topological polar surface area (TPSA) is 75.3 Å². The standard InChI is InChI=1S/C18H27N5O.HI/c1-4-16-15(17(5-2)24-23-16)13-22-18(19-6-3)21-12-10-14-9-7-8-11-20-14;/h7-9,11H,4-6,10,12-13H2,1-3H3,(H2,19,21,22);1H. The number of nitrogens with zero attached hydrogens (tertiary/aromatic N) is 3. The van der Waals surface area contributed by atoms with E-state index in [2.05, 4.69) is 46.5 Å². The summed E-state index contributed by atoms with van der Waals surface area (Å²) in [6.45, 7) is 8.40. The third-order valence-corrected chi connectivity index (χ3v) is 3.75. The molecule has 2 aromatic heterocycles. The average molecular weight is 457 g/mol. The van der Waals surface area contributed by atoms with Crippen molar-refractivity contribution in [3.8, 4) is 0 Å². The van der Waals surface area contributed by atoms with E-state index >= 15 is 0 Å². The number of hydrogen-bond donors (Lipinski definition) is 2. The first kappa shape index (κ1) is 21.4. The highest BCUT2D eigenvalue weighted by molar-refractivity contribution is 14.0. The lowest BCUT2D eigenvalue weighted by Gasteiger charge is -2.11. The van der Waals surface area contributed by atoms with E-state index in [0.717, 1.165) is 61.0 Å². The normalized spacial score (nSPS) is 11.1. The minimum atomic E-state index is 0. The molecule has 0 fully saturated rings. The maximum Gasteiger partial charge on any atom is 0.191 e. The van der Waals surface area contributed by atoms with Crippen LogP contribution in [0.5, 0.6) is 0 Å². The molecule has 138 valence electrons. The lowest BCUT2D eigenvalue weighted by molar-refractivity contribution is 0.380. The van der Waals surface area contributed by atoms with E-state index in [1.54, 1.807) is 0 Å². The van der Waals surface area contributed by atoms with Gasteiger partial charge in [-0.2, -0.15) is 0 Å². The van der Waals surface area contributed by atoms with Gasteiger partial charge in [-0.05, 0) is 25.5 Å². The van der Waals surface area contributed by atoms with E-state index in [0.29, 0.717) is 6.54 Å². The lowest BCUT2D eigenvalue weighted by Crippen LogP contribution is -2.38. The number of aryl methyl sites for hydroxylation is 2. The minimum absolute atomic E-state index is 0. The van der Waals surface area contributed by atoms with Crippen LogP contribution in [0.4, 0.5) is 0 Å². The fraction of sp³-hybridized carbons (Fsp3) is 0.500. The molecule has 0 aliphatic rings. The molecule has 2 heterocycles. The number of guanidine groups is 1. The number of aromatic nitrogens is 2. The molecule has 0 aliphatic carbocycles. The molecule has 0 amide bonds. The van der Waals surface area contributed by atoms with Crippen molar-refractivity contribution in [2.24, 2.45) is 4.99 Å². The van der Waals surface area contributed by atoms with Crippen molar-refractivity contribution in [1.82, 2.24) is 20.8 Å². The highest BCUT2D eigenvalue weighted by Crippen LogP contribution is 2.16. The van der Waals surface area contributed by atoms with Crippen molar-refractivity contribution in [2.75, 3.05) is 13.1 Å². The molecule has 25 heavy (non-hydrogen) atoms. The second kappa shape index (κ2) is 11.8. The van der Waals surface area contributed by atoms with Gasteiger partial charge in [-0.15, -0.1) is 24.0 Å². The van der Waals surface area contributed by atoms with Gasteiger partial charge in [0.15, 0.2) is 5.96 Å². The van der Waals surface area contributed by atoms with Crippen LogP contribution in [-0.4, -0.2) is 29.2 Å².